The summed E-state index contributed by atoms with van der Waals surface area (Å²) in [6, 6.07) is 12.9. The van der Waals surface area contributed by atoms with Crippen molar-refractivity contribution in [3.8, 4) is 11.5 Å². The smallest absolute Gasteiger partial charge is 0.407 e. The van der Waals surface area contributed by atoms with Gasteiger partial charge in [0.25, 0.3) is 0 Å². The number of carbonyl (C=O) groups is 6. The van der Waals surface area contributed by atoms with Crippen molar-refractivity contribution in [2.45, 2.75) is 79.4 Å². The van der Waals surface area contributed by atoms with Crippen LogP contribution in [-0.2, 0) is 38.1 Å². The Morgan fingerprint density at radius 2 is 1.04 bits per heavy atom. The zero-order chi connectivity index (χ0) is 41.9. The maximum atomic E-state index is 14.1. The molecule has 4 N–H and O–H groups in total. The number of anilines is 2. The van der Waals surface area contributed by atoms with Gasteiger partial charge in [-0.05, 0) is 117 Å². The van der Waals surface area contributed by atoms with Gasteiger partial charge in [0.1, 0.15) is 22.7 Å². The van der Waals surface area contributed by atoms with Crippen LogP contribution in [0.3, 0.4) is 0 Å². The molecule has 2 aromatic carbocycles. The standard InChI is InChI=1S/C40H56N4O12/c1-37(2,3)55-35(49)41-21-11-23-53-27-17-13-25(14-18-27)43-31(45)29-39(7,30(32(46)51-9)40(29,8)34(48)52-10)33(47)44-26-15-19-28(20-16-26)54-24-12-22-42-36(50)56-38(4,5)6/h13-20,29-30H,11-12,21-24H2,1-10H3,(H,41,49)(H,42,50)(H,43,45)(H,44,47). The first kappa shape index (κ1) is 44.9. The Balaban J connectivity index is 1.67. The van der Waals surface area contributed by atoms with Crippen molar-refractivity contribution in [3.63, 3.8) is 0 Å². The largest absolute Gasteiger partial charge is 0.494 e. The minimum absolute atomic E-state index is 0.300. The molecule has 4 atom stereocenters. The first-order valence-electron chi connectivity index (χ1n) is 18.3. The number of methoxy groups -OCH3 is 2. The molecule has 0 radical (unpaired) electrons. The average Bonchev–Trinajstić information content (AvgIpc) is 3.10. The zero-order valence-corrected chi connectivity index (χ0v) is 33.9. The number of ether oxygens (including phenoxy) is 6. The number of benzene rings is 2. The fourth-order valence-corrected chi connectivity index (χ4v) is 6.64. The maximum Gasteiger partial charge on any atom is 0.407 e. The molecule has 1 fully saturated rings. The molecule has 16 heteroatoms. The number of hydrogen-bond acceptors (Lipinski definition) is 12. The van der Waals surface area contributed by atoms with Crippen molar-refractivity contribution in [1.29, 1.82) is 0 Å². The lowest BCUT2D eigenvalue weighted by molar-refractivity contribution is -0.218. The van der Waals surface area contributed by atoms with Crippen LogP contribution in [-0.4, -0.2) is 87.7 Å². The topological polar surface area (TPSA) is 206 Å². The normalized spacial score (nSPS) is 20.2. The van der Waals surface area contributed by atoms with Crippen LogP contribution in [0.2, 0.25) is 0 Å². The number of alkyl carbamates (subject to hydrolysis) is 2. The highest BCUT2D eigenvalue weighted by Crippen LogP contribution is 2.65. The van der Waals surface area contributed by atoms with Gasteiger partial charge < -0.3 is 49.7 Å². The third-order valence-electron chi connectivity index (χ3n) is 8.96. The molecule has 16 nitrogen and oxygen atoms in total. The van der Waals surface area contributed by atoms with E-state index in [1.165, 1.54) is 13.8 Å². The van der Waals surface area contributed by atoms with Gasteiger partial charge in [-0.15, -0.1) is 0 Å². The number of esters is 2. The molecule has 2 aromatic rings. The number of hydrogen-bond donors (Lipinski definition) is 4. The van der Waals surface area contributed by atoms with Gasteiger partial charge in [-0.3, -0.25) is 19.2 Å². The number of amides is 4. The summed E-state index contributed by atoms with van der Waals surface area (Å²) in [5.74, 6) is -4.82. The molecule has 0 spiro atoms. The Labute approximate surface area is 328 Å². The van der Waals surface area contributed by atoms with Crippen LogP contribution in [0.1, 0.15) is 68.2 Å². The lowest BCUT2D eigenvalue weighted by atomic mass is 9.39. The number of carbonyl (C=O) groups excluding carboxylic acids is 6. The molecule has 0 bridgehead atoms. The summed E-state index contributed by atoms with van der Waals surface area (Å²) in [5.41, 5.74) is -4.02. The molecule has 4 unspecified atom stereocenters. The first-order chi connectivity index (χ1) is 26.1. The third-order valence-corrected chi connectivity index (χ3v) is 8.96. The summed E-state index contributed by atoms with van der Waals surface area (Å²) in [5, 5.41) is 10.9. The number of rotatable bonds is 16. The fourth-order valence-electron chi connectivity index (χ4n) is 6.64. The predicted octanol–water partition coefficient (Wildman–Crippen LogP) is 5.46. The minimum Gasteiger partial charge on any atom is -0.494 e. The van der Waals surface area contributed by atoms with E-state index in [0.29, 0.717) is 62.0 Å². The Morgan fingerprint density at radius 3 is 1.43 bits per heavy atom. The van der Waals surface area contributed by atoms with Crippen LogP contribution in [0.15, 0.2) is 48.5 Å². The van der Waals surface area contributed by atoms with Crippen molar-refractivity contribution < 1.29 is 57.2 Å². The van der Waals surface area contributed by atoms with Crippen molar-refractivity contribution in [3.05, 3.63) is 48.5 Å². The summed E-state index contributed by atoms with van der Waals surface area (Å²) in [6.45, 7) is 14.8. The van der Waals surface area contributed by atoms with Crippen molar-refractivity contribution in [2.75, 3.05) is 51.2 Å². The van der Waals surface area contributed by atoms with Gasteiger partial charge >= 0.3 is 24.1 Å². The third kappa shape index (κ3) is 11.7. The van der Waals surface area contributed by atoms with E-state index >= 15 is 0 Å². The molecular formula is C40H56N4O12. The number of nitrogens with one attached hydrogen (secondary N) is 4. The first-order valence-corrected chi connectivity index (χ1v) is 18.3. The molecule has 3 rings (SSSR count). The van der Waals surface area contributed by atoms with E-state index in [9.17, 15) is 28.8 Å². The van der Waals surface area contributed by atoms with Crippen LogP contribution in [0.25, 0.3) is 0 Å². The van der Waals surface area contributed by atoms with Crippen LogP contribution in [0.5, 0.6) is 11.5 Å². The van der Waals surface area contributed by atoms with E-state index in [1.807, 2.05) is 0 Å². The lowest BCUT2D eigenvalue weighted by Crippen LogP contribution is -2.74. The molecule has 1 aliphatic carbocycles. The van der Waals surface area contributed by atoms with E-state index in [2.05, 4.69) is 21.3 Å². The molecule has 1 saturated carbocycles. The van der Waals surface area contributed by atoms with Gasteiger partial charge in [0, 0.05) is 24.5 Å². The quantitative estimate of drug-likeness (QED) is 0.0952. The second-order valence-corrected chi connectivity index (χ2v) is 15.7. The predicted molar refractivity (Wildman–Crippen MR) is 206 cm³/mol. The highest BCUT2D eigenvalue weighted by molar-refractivity contribution is 6.10. The molecule has 0 saturated heterocycles. The summed E-state index contributed by atoms with van der Waals surface area (Å²) in [4.78, 5) is 78.3. The van der Waals surface area contributed by atoms with E-state index in [-0.39, 0.29) is 0 Å². The molecule has 0 aromatic heterocycles. The molecule has 0 aliphatic heterocycles. The zero-order valence-electron chi connectivity index (χ0n) is 33.9. The van der Waals surface area contributed by atoms with Gasteiger partial charge in [-0.2, -0.15) is 0 Å². The van der Waals surface area contributed by atoms with Gasteiger partial charge in [-0.25, -0.2) is 9.59 Å². The molecule has 56 heavy (non-hydrogen) atoms. The Hall–Kier alpha value is -5.54. The van der Waals surface area contributed by atoms with Gasteiger partial charge in [-0.1, -0.05) is 0 Å². The Bertz CT molecular complexity index is 1700. The van der Waals surface area contributed by atoms with E-state index in [4.69, 9.17) is 28.4 Å². The van der Waals surface area contributed by atoms with E-state index < -0.39 is 69.8 Å². The average molecular weight is 785 g/mol. The highest BCUT2D eigenvalue weighted by atomic mass is 16.6. The molecule has 308 valence electrons. The minimum atomic E-state index is -1.76. The maximum absolute atomic E-state index is 14.1. The summed E-state index contributed by atoms with van der Waals surface area (Å²) < 4.78 is 32.0. The lowest BCUT2D eigenvalue weighted by Gasteiger charge is -2.60. The fraction of sp³-hybridized carbons (Fsp3) is 0.550. The summed E-state index contributed by atoms with van der Waals surface area (Å²) in [6.07, 6.45) is 0.00137. The molecule has 4 amide bonds. The summed E-state index contributed by atoms with van der Waals surface area (Å²) >= 11 is 0. The monoisotopic (exact) mass is 784 g/mol. The Kier molecular flexibility index (Phi) is 15.1. The second-order valence-electron chi connectivity index (χ2n) is 15.7. The van der Waals surface area contributed by atoms with Crippen LogP contribution >= 0.6 is 0 Å². The summed E-state index contributed by atoms with van der Waals surface area (Å²) in [7, 11) is 2.28. The van der Waals surface area contributed by atoms with E-state index in [1.54, 1.807) is 90.1 Å². The van der Waals surface area contributed by atoms with E-state index in [0.717, 1.165) is 14.2 Å². The van der Waals surface area contributed by atoms with Gasteiger partial charge in [0.2, 0.25) is 11.8 Å². The highest BCUT2D eigenvalue weighted by Gasteiger charge is 2.78. The van der Waals surface area contributed by atoms with Crippen molar-refractivity contribution >= 4 is 47.3 Å². The second kappa shape index (κ2) is 18.9. The van der Waals surface area contributed by atoms with Gasteiger partial charge in [0.05, 0.1) is 50.1 Å². The molecular weight excluding hydrogens is 728 g/mol. The van der Waals surface area contributed by atoms with Gasteiger partial charge in [0.15, 0.2) is 0 Å². The molecule has 1 aliphatic rings. The van der Waals surface area contributed by atoms with Crippen molar-refractivity contribution in [2.24, 2.45) is 22.7 Å². The van der Waals surface area contributed by atoms with Crippen LogP contribution in [0, 0.1) is 22.7 Å². The van der Waals surface area contributed by atoms with Crippen molar-refractivity contribution in [1.82, 2.24) is 10.6 Å². The SMILES string of the molecule is COC(=O)C1C(C)(C(=O)Nc2ccc(OCCCNC(=O)OC(C)(C)C)cc2)C(C(=O)Nc2ccc(OCCCNC(=O)OC(C)(C)C)cc2)C1(C)C(=O)OC. The molecule has 0 heterocycles. The van der Waals surface area contributed by atoms with Crippen LogP contribution in [0.4, 0.5) is 21.0 Å². The Morgan fingerprint density at radius 1 is 0.607 bits per heavy atom. The van der Waals surface area contributed by atoms with Crippen LogP contribution < -0.4 is 30.7 Å².